The number of aromatic nitrogens is 6. The van der Waals surface area contributed by atoms with Gasteiger partial charge in [0.15, 0.2) is 0 Å². The first kappa shape index (κ1) is 34.7. The fraction of sp³-hybridized carbons (Fsp3) is 0. The van der Waals surface area contributed by atoms with Gasteiger partial charge in [-0.2, -0.15) is 22.9 Å². The third-order valence-electron chi connectivity index (χ3n) is 8.12. The Hall–Kier alpha value is -5.74. The third-order valence-corrected chi connectivity index (χ3v) is 8.12. The van der Waals surface area contributed by atoms with E-state index in [1.54, 1.807) is 24.8 Å². The largest absolute Gasteiger partial charge is 2.00 e. The molecule has 0 aliphatic rings. The van der Waals surface area contributed by atoms with E-state index in [1.807, 2.05) is 131 Å². The molecule has 9 aromatic rings. The van der Waals surface area contributed by atoms with E-state index in [1.165, 1.54) is 0 Å². The summed E-state index contributed by atoms with van der Waals surface area (Å²) in [5.41, 5.74) is 5.58. The first-order valence-corrected chi connectivity index (χ1v) is 15.9. The maximum Gasteiger partial charge on any atom is 2.00 e. The van der Waals surface area contributed by atoms with Gasteiger partial charge >= 0.3 is 40.8 Å². The summed E-state index contributed by atoms with van der Waals surface area (Å²) in [6.45, 7) is 0. The van der Waals surface area contributed by atoms with Crippen molar-refractivity contribution in [3.8, 4) is 57.1 Å². The molecule has 0 spiro atoms. The number of fused-ring (bicyclic) bond motifs is 3. The molecule has 9 rings (SSSR count). The Kier molecular flexibility index (Phi) is 10.2. The van der Waals surface area contributed by atoms with E-state index in [9.17, 15) is 0 Å². The van der Waals surface area contributed by atoms with Gasteiger partial charge in [0, 0.05) is 47.8 Å². The van der Waals surface area contributed by atoms with Gasteiger partial charge in [0.25, 0.3) is 0 Å². The summed E-state index contributed by atoms with van der Waals surface area (Å²) in [6, 6.07) is 48.4. The number of hydrogen-bond acceptors (Lipinski definition) is 6. The zero-order valence-electron chi connectivity index (χ0n) is 27.0. The molecule has 52 heavy (non-hydrogen) atoms. The number of hydrogen-bond donors (Lipinski definition) is 0. The van der Waals surface area contributed by atoms with Crippen molar-refractivity contribution in [2.45, 2.75) is 0 Å². The third kappa shape index (κ3) is 6.94. The molecule has 0 aliphatic heterocycles. The number of rotatable bonds is 8. The average molecular weight is 858 g/mol. The number of pyridine rings is 2. The van der Waals surface area contributed by atoms with Crippen molar-refractivity contribution >= 4 is 21.8 Å². The van der Waals surface area contributed by atoms with Crippen LogP contribution in [0.3, 0.4) is 0 Å². The first-order chi connectivity index (χ1) is 24.7. The molecular formula is C42H24N6O2Pd2. The van der Waals surface area contributed by atoms with Crippen molar-refractivity contribution in [2.75, 3.05) is 0 Å². The zero-order chi connectivity index (χ0) is 33.3. The SMILES string of the molecule is [Pd+2].[Pd+2].[c-]1c(Oc2[c-]c3c(cc2)c2ccc(Oc4[c-]c(-c5ccccn5)ccc4)[c-]c2n3-c2ncc(-n3cccc3)cn2)cccc1-c1ccccn1. The minimum Gasteiger partial charge on any atom is -0.503 e. The van der Waals surface area contributed by atoms with Gasteiger partial charge in [0.1, 0.15) is 0 Å². The van der Waals surface area contributed by atoms with E-state index >= 15 is 0 Å². The summed E-state index contributed by atoms with van der Waals surface area (Å²) in [5.74, 6) is 2.57. The maximum absolute atomic E-state index is 6.31. The molecule has 0 saturated carbocycles. The Bertz CT molecular complexity index is 2450. The second-order valence-corrected chi connectivity index (χ2v) is 11.3. The van der Waals surface area contributed by atoms with Crippen LogP contribution in [0.25, 0.3) is 56.0 Å². The van der Waals surface area contributed by atoms with E-state index in [0.29, 0.717) is 28.9 Å². The smallest absolute Gasteiger partial charge is 0.503 e. The van der Waals surface area contributed by atoms with Gasteiger partial charge in [0.05, 0.1) is 18.1 Å². The van der Waals surface area contributed by atoms with Crippen LogP contribution in [0.1, 0.15) is 0 Å². The van der Waals surface area contributed by atoms with Crippen LogP contribution in [0, 0.1) is 24.3 Å². The van der Waals surface area contributed by atoms with Gasteiger partial charge in [-0.1, -0.05) is 47.4 Å². The van der Waals surface area contributed by atoms with E-state index in [-0.39, 0.29) is 40.8 Å². The molecular weight excluding hydrogens is 833 g/mol. The molecule has 254 valence electrons. The summed E-state index contributed by atoms with van der Waals surface area (Å²) < 4.78 is 16.5. The molecule has 0 aliphatic carbocycles. The minimum atomic E-state index is 0. The van der Waals surface area contributed by atoms with Crippen molar-refractivity contribution in [2.24, 2.45) is 0 Å². The van der Waals surface area contributed by atoms with Crippen molar-refractivity contribution in [1.29, 1.82) is 0 Å². The van der Waals surface area contributed by atoms with Crippen LogP contribution in [-0.4, -0.2) is 29.1 Å². The van der Waals surface area contributed by atoms with Gasteiger partial charge < -0.3 is 28.6 Å². The monoisotopic (exact) mass is 856 g/mol. The van der Waals surface area contributed by atoms with Crippen molar-refractivity contribution in [3.63, 3.8) is 0 Å². The van der Waals surface area contributed by atoms with Gasteiger partial charge in [-0.05, 0) is 35.7 Å². The molecule has 0 saturated heterocycles. The number of nitrogens with zero attached hydrogens (tertiary/aromatic N) is 6. The molecule has 0 radical (unpaired) electrons. The summed E-state index contributed by atoms with van der Waals surface area (Å²) in [7, 11) is 0. The maximum atomic E-state index is 6.31. The van der Waals surface area contributed by atoms with Crippen molar-refractivity contribution in [3.05, 3.63) is 171 Å². The van der Waals surface area contributed by atoms with Crippen LogP contribution in [0.5, 0.6) is 23.0 Å². The Morgan fingerprint density at radius 3 is 1.44 bits per heavy atom. The van der Waals surface area contributed by atoms with E-state index in [0.717, 1.165) is 50.0 Å². The molecule has 0 unspecified atom stereocenters. The van der Waals surface area contributed by atoms with Crippen LogP contribution in [-0.2, 0) is 40.8 Å². The normalized spacial score (nSPS) is 10.8. The summed E-state index contributed by atoms with van der Waals surface area (Å²) in [6.07, 6.45) is 11.0. The van der Waals surface area contributed by atoms with Crippen LogP contribution in [0.2, 0.25) is 0 Å². The molecule has 5 aromatic heterocycles. The van der Waals surface area contributed by atoms with Crippen LogP contribution < -0.4 is 9.47 Å². The molecule has 0 fully saturated rings. The summed E-state index contributed by atoms with van der Waals surface area (Å²) in [4.78, 5) is 18.5. The molecule has 4 aromatic carbocycles. The molecule has 10 heteroatoms. The van der Waals surface area contributed by atoms with Crippen LogP contribution >= 0.6 is 0 Å². The number of benzene rings is 4. The first-order valence-electron chi connectivity index (χ1n) is 15.9. The molecule has 0 amide bonds. The Labute approximate surface area is 327 Å². The Morgan fingerprint density at radius 1 is 0.462 bits per heavy atom. The predicted octanol–water partition coefficient (Wildman–Crippen LogP) is 9.27. The van der Waals surface area contributed by atoms with E-state index < -0.39 is 0 Å². The Morgan fingerprint density at radius 2 is 0.962 bits per heavy atom. The summed E-state index contributed by atoms with van der Waals surface area (Å²) in [5, 5.41) is 1.87. The van der Waals surface area contributed by atoms with Gasteiger partial charge in [-0.15, -0.1) is 71.8 Å². The van der Waals surface area contributed by atoms with Crippen LogP contribution in [0.15, 0.2) is 146 Å². The predicted molar refractivity (Wildman–Crippen MR) is 191 cm³/mol. The standard InChI is InChI=1S/C42H24N6O2.2Pd/c1-3-19-43-38(13-1)29-9-7-11-32(23-29)49-34-15-17-36-37-18-16-35(50-33-12-8-10-30(24-33)39-14-2-4-20-44-39)26-41(37)48(40(36)25-34)42-45-27-31(28-46-42)47-21-5-6-22-47;;/h1-22,27-28H;;/q-4;2*+2. The molecule has 0 atom stereocenters. The molecule has 0 bridgehead atoms. The Balaban J connectivity index is 0.00000210. The number of ether oxygens (including phenoxy) is 2. The van der Waals surface area contributed by atoms with Gasteiger partial charge in [0.2, 0.25) is 5.95 Å². The summed E-state index contributed by atoms with van der Waals surface area (Å²) >= 11 is 0. The quantitative estimate of drug-likeness (QED) is 0.112. The van der Waals surface area contributed by atoms with E-state index in [4.69, 9.17) is 19.4 Å². The van der Waals surface area contributed by atoms with Crippen molar-refractivity contribution in [1.82, 2.24) is 29.1 Å². The average Bonchev–Trinajstić information content (AvgIpc) is 3.83. The minimum absolute atomic E-state index is 0. The van der Waals surface area contributed by atoms with Crippen molar-refractivity contribution < 1.29 is 50.3 Å². The molecule has 0 N–H and O–H groups in total. The fourth-order valence-corrected chi connectivity index (χ4v) is 5.81. The second-order valence-electron chi connectivity index (χ2n) is 11.3. The molecule has 8 nitrogen and oxygen atoms in total. The zero-order valence-corrected chi connectivity index (χ0v) is 30.1. The van der Waals surface area contributed by atoms with Crippen LogP contribution in [0.4, 0.5) is 0 Å². The second kappa shape index (κ2) is 15.2. The fourth-order valence-electron chi connectivity index (χ4n) is 5.81. The van der Waals surface area contributed by atoms with E-state index in [2.05, 4.69) is 34.2 Å². The molecule has 5 heterocycles. The van der Waals surface area contributed by atoms with Gasteiger partial charge in [-0.3, -0.25) is 0 Å². The van der Waals surface area contributed by atoms with Gasteiger partial charge in [-0.25, -0.2) is 9.97 Å². The topological polar surface area (TPSA) is 79.9 Å².